The molecule has 1 aliphatic carbocycles. The zero-order valence-corrected chi connectivity index (χ0v) is 11.1. The van der Waals surface area contributed by atoms with Crippen molar-refractivity contribution in [1.29, 1.82) is 0 Å². The first-order valence-electron chi connectivity index (χ1n) is 5.97. The van der Waals surface area contributed by atoms with Crippen LogP contribution in [0.4, 0.5) is 0 Å². The molecule has 2 N–H and O–H groups in total. The SMILES string of the molecule is C=CCNC(=S)N[C@H]1CCCC[C@@H]1N(C)C. The molecule has 0 aliphatic heterocycles. The highest BCUT2D eigenvalue weighted by molar-refractivity contribution is 7.80. The molecule has 92 valence electrons. The highest BCUT2D eigenvalue weighted by Gasteiger charge is 2.26. The Morgan fingerprint density at radius 3 is 2.75 bits per heavy atom. The number of rotatable bonds is 4. The van der Waals surface area contributed by atoms with Gasteiger partial charge < -0.3 is 15.5 Å². The van der Waals surface area contributed by atoms with Crippen LogP contribution in [0.2, 0.25) is 0 Å². The second-order valence-corrected chi connectivity index (χ2v) is 4.97. The molecule has 0 spiro atoms. The Morgan fingerprint density at radius 2 is 2.12 bits per heavy atom. The molecule has 0 radical (unpaired) electrons. The Labute approximate surface area is 104 Å². The number of nitrogens with one attached hydrogen (secondary N) is 2. The first-order valence-corrected chi connectivity index (χ1v) is 6.37. The van der Waals surface area contributed by atoms with Gasteiger partial charge in [0.2, 0.25) is 0 Å². The fraction of sp³-hybridized carbons (Fsp3) is 0.750. The zero-order chi connectivity index (χ0) is 12.0. The minimum absolute atomic E-state index is 0.480. The zero-order valence-electron chi connectivity index (χ0n) is 10.3. The lowest BCUT2D eigenvalue weighted by molar-refractivity contribution is 0.190. The first-order chi connectivity index (χ1) is 7.65. The summed E-state index contributed by atoms with van der Waals surface area (Å²) in [5.74, 6) is 0. The molecule has 1 aliphatic rings. The molecule has 1 fully saturated rings. The van der Waals surface area contributed by atoms with Crippen molar-refractivity contribution < 1.29 is 0 Å². The van der Waals surface area contributed by atoms with E-state index in [0.29, 0.717) is 12.1 Å². The van der Waals surface area contributed by atoms with Gasteiger partial charge in [0.05, 0.1) is 0 Å². The lowest BCUT2D eigenvalue weighted by Crippen LogP contribution is -2.53. The van der Waals surface area contributed by atoms with Crippen molar-refractivity contribution in [2.45, 2.75) is 37.8 Å². The van der Waals surface area contributed by atoms with Crippen LogP contribution in [0.1, 0.15) is 25.7 Å². The van der Waals surface area contributed by atoms with Crippen LogP contribution in [0.5, 0.6) is 0 Å². The molecular weight excluding hydrogens is 218 g/mol. The monoisotopic (exact) mass is 241 g/mol. The quantitative estimate of drug-likeness (QED) is 0.576. The van der Waals surface area contributed by atoms with Crippen LogP contribution in [0, 0.1) is 0 Å². The molecule has 0 unspecified atom stereocenters. The Balaban J connectivity index is 2.42. The van der Waals surface area contributed by atoms with E-state index in [1.54, 1.807) is 0 Å². The maximum atomic E-state index is 5.25. The number of hydrogen-bond donors (Lipinski definition) is 2. The van der Waals surface area contributed by atoms with Crippen molar-refractivity contribution >= 4 is 17.3 Å². The van der Waals surface area contributed by atoms with E-state index in [-0.39, 0.29) is 0 Å². The third kappa shape index (κ3) is 4.10. The lowest BCUT2D eigenvalue weighted by atomic mass is 9.90. The van der Waals surface area contributed by atoms with Gasteiger partial charge in [0.15, 0.2) is 5.11 Å². The van der Waals surface area contributed by atoms with Crippen molar-refractivity contribution in [1.82, 2.24) is 15.5 Å². The summed E-state index contributed by atoms with van der Waals surface area (Å²) in [6.07, 6.45) is 6.91. The van der Waals surface area contributed by atoms with E-state index in [2.05, 4.69) is 36.2 Å². The van der Waals surface area contributed by atoms with Crippen LogP contribution < -0.4 is 10.6 Å². The topological polar surface area (TPSA) is 27.3 Å². The molecule has 4 heteroatoms. The summed E-state index contributed by atoms with van der Waals surface area (Å²) in [6, 6.07) is 1.07. The molecule has 16 heavy (non-hydrogen) atoms. The van der Waals surface area contributed by atoms with Crippen LogP contribution in [-0.4, -0.2) is 42.7 Å². The van der Waals surface area contributed by atoms with E-state index in [1.807, 2.05) is 6.08 Å². The Hall–Kier alpha value is -0.610. The Kier molecular flexibility index (Phi) is 5.77. The van der Waals surface area contributed by atoms with Gasteiger partial charge in [-0.15, -0.1) is 6.58 Å². The second-order valence-electron chi connectivity index (χ2n) is 4.56. The van der Waals surface area contributed by atoms with Crippen molar-refractivity contribution in [3.63, 3.8) is 0 Å². The molecule has 0 bridgehead atoms. The molecule has 0 aromatic heterocycles. The van der Waals surface area contributed by atoms with Gasteiger partial charge in [0.1, 0.15) is 0 Å². The fourth-order valence-corrected chi connectivity index (χ4v) is 2.52. The van der Waals surface area contributed by atoms with Gasteiger partial charge in [-0.3, -0.25) is 0 Å². The Bertz CT molecular complexity index is 240. The van der Waals surface area contributed by atoms with E-state index >= 15 is 0 Å². The third-order valence-electron chi connectivity index (χ3n) is 3.12. The predicted octanol–water partition coefficient (Wildman–Crippen LogP) is 1.51. The average Bonchev–Trinajstić information content (AvgIpc) is 2.27. The molecule has 1 saturated carbocycles. The van der Waals surface area contributed by atoms with Crippen LogP contribution in [0.3, 0.4) is 0 Å². The molecule has 2 atom stereocenters. The highest BCUT2D eigenvalue weighted by atomic mass is 32.1. The molecule has 0 saturated heterocycles. The molecule has 0 aromatic carbocycles. The van der Waals surface area contributed by atoms with Crippen molar-refractivity contribution in [3.8, 4) is 0 Å². The van der Waals surface area contributed by atoms with Gasteiger partial charge in [-0.1, -0.05) is 18.9 Å². The standard InChI is InChI=1S/C12H23N3S/c1-4-9-13-12(16)14-10-7-5-6-8-11(10)15(2)3/h4,10-11H,1,5-9H2,2-3H3,(H2,13,14,16)/t10-,11-/m0/s1. The number of likely N-dealkylation sites (N-methyl/N-ethyl adjacent to an activating group) is 1. The van der Waals surface area contributed by atoms with Crippen LogP contribution in [-0.2, 0) is 0 Å². The molecule has 1 rings (SSSR count). The summed E-state index contributed by atoms with van der Waals surface area (Å²) in [5, 5.41) is 7.29. The summed E-state index contributed by atoms with van der Waals surface area (Å²) in [5.41, 5.74) is 0. The van der Waals surface area contributed by atoms with Gasteiger partial charge in [0.25, 0.3) is 0 Å². The minimum Gasteiger partial charge on any atom is -0.359 e. The lowest BCUT2D eigenvalue weighted by Gasteiger charge is -2.37. The molecule has 0 heterocycles. The van der Waals surface area contributed by atoms with Gasteiger partial charge in [-0.05, 0) is 39.2 Å². The van der Waals surface area contributed by atoms with E-state index in [0.717, 1.165) is 11.7 Å². The van der Waals surface area contributed by atoms with Gasteiger partial charge in [-0.25, -0.2) is 0 Å². The van der Waals surface area contributed by atoms with E-state index < -0.39 is 0 Å². The van der Waals surface area contributed by atoms with Gasteiger partial charge in [-0.2, -0.15) is 0 Å². The van der Waals surface area contributed by atoms with Crippen LogP contribution in [0.15, 0.2) is 12.7 Å². The van der Waals surface area contributed by atoms with Crippen molar-refractivity contribution in [3.05, 3.63) is 12.7 Å². The second kappa shape index (κ2) is 6.86. The van der Waals surface area contributed by atoms with E-state index in [1.165, 1.54) is 25.7 Å². The highest BCUT2D eigenvalue weighted by Crippen LogP contribution is 2.21. The van der Waals surface area contributed by atoms with Crippen LogP contribution in [0.25, 0.3) is 0 Å². The maximum absolute atomic E-state index is 5.25. The van der Waals surface area contributed by atoms with Gasteiger partial charge in [0, 0.05) is 18.6 Å². The summed E-state index contributed by atoms with van der Waals surface area (Å²) < 4.78 is 0. The molecule has 3 nitrogen and oxygen atoms in total. The number of hydrogen-bond acceptors (Lipinski definition) is 2. The van der Waals surface area contributed by atoms with Crippen molar-refractivity contribution in [2.75, 3.05) is 20.6 Å². The van der Waals surface area contributed by atoms with E-state index in [9.17, 15) is 0 Å². The summed E-state index contributed by atoms with van der Waals surface area (Å²) in [6.45, 7) is 4.39. The molecule has 0 amide bonds. The molecular formula is C12H23N3S. The normalized spacial score (nSPS) is 25.2. The number of thiocarbonyl (C=S) groups is 1. The fourth-order valence-electron chi connectivity index (χ4n) is 2.28. The van der Waals surface area contributed by atoms with Crippen molar-refractivity contribution in [2.24, 2.45) is 0 Å². The first kappa shape index (κ1) is 13.5. The molecule has 0 aromatic rings. The maximum Gasteiger partial charge on any atom is 0.166 e. The summed E-state index contributed by atoms with van der Waals surface area (Å²) >= 11 is 5.25. The minimum atomic E-state index is 0.480. The van der Waals surface area contributed by atoms with Crippen LogP contribution >= 0.6 is 12.2 Å². The Morgan fingerprint density at radius 1 is 1.44 bits per heavy atom. The summed E-state index contributed by atoms with van der Waals surface area (Å²) in [4.78, 5) is 2.30. The smallest absolute Gasteiger partial charge is 0.166 e. The van der Waals surface area contributed by atoms with Gasteiger partial charge >= 0.3 is 0 Å². The third-order valence-corrected chi connectivity index (χ3v) is 3.38. The average molecular weight is 241 g/mol. The summed E-state index contributed by atoms with van der Waals surface area (Å²) in [7, 11) is 4.29. The largest absolute Gasteiger partial charge is 0.359 e. The number of nitrogens with zero attached hydrogens (tertiary/aromatic N) is 1. The predicted molar refractivity (Wildman–Crippen MR) is 73.7 cm³/mol. The van der Waals surface area contributed by atoms with E-state index in [4.69, 9.17) is 12.2 Å².